The van der Waals surface area contributed by atoms with Gasteiger partial charge in [0.15, 0.2) is 0 Å². The second-order valence-corrected chi connectivity index (χ2v) is 2.88. The molecule has 0 rings (SSSR count). The number of carboxylic acid groups (broad SMARTS) is 2. The molecule has 76 valence electrons. The van der Waals surface area contributed by atoms with Crippen molar-refractivity contribution < 1.29 is 19.8 Å². The molecule has 2 atom stereocenters. The van der Waals surface area contributed by atoms with Gasteiger partial charge in [-0.05, 0) is 12.8 Å². The summed E-state index contributed by atoms with van der Waals surface area (Å²) in [6.07, 6.45) is 0.343. The van der Waals surface area contributed by atoms with Gasteiger partial charge >= 0.3 is 11.9 Å². The molecule has 13 heavy (non-hydrogen) atoms. The number of rotatable bonds is 6. The third-order valence-electron chi connectivity index (χ3n) is 1.60. The molecule has 0 aromatic rings. The number of hydrogen-bond acceptors (Lipinski definition) is 4. The molecular weight excluding hydrogens is 176 g/mol. The molecule has 0 aliphatic rings. The van der Waals surface area contributed by atoms with E-state index in [0.29, 0.717) is 6.42 Å². The van der Waals surface area contributed by atoms with Crippen LogP contribution in [0.1, 0.15) is 19.3 Å². The van der Waals surface area contributed by atoms with Gasteiger partial charge in [-0.25, -0.2) is 0 Å². The molecule has 0 aromatic heterocycles. The van der Waals surface area contributed by atoms with Crippen LogP contribution in [0, 0.1) is 0 Å². The summed E-state index contributed by atoms with van der Waals surface area (Å²) in [5, 5.41) is 16.7. The van der Waals surface area contributed by atoms with Crippen LogP contribution >= 0.6 is 0 Å². The van der Waals surface area contributed by atoms with Crippen molar-refractivity contribution in [1.29, 1.82) is 0 Å². The molecular formula is C7H14N2O4. The van der Waals surface area contributed by atoms with Crippen molar-refractivity contribution in [2.24, 2.45) is 11.5 Å². The standard InChI is InChI=1S/C7H14N2O4/c8-4(3-6(10)11)1-2-5(9)7(12)13/h4-5H,1-3,8-9H2,(H,10,11)(H,12,13)/t4-,5+/m0/s1. The summed E-state index contributed by atoms with van der Waals surface area (Å²) in [5.74, 6) is -2.08. The maximum atomic E-state index is 10.3. The largest absolute Gasteiger partial charge is 0.481 e. The molecule has 0 bridgehead atoms. The highest BCUT2D eigenvalue weighted by Gasteiger charge is 2.14. The Balaban J connectivity index is 3.63. The van der Waals surface area contributed by atoms with Crippen molar-refractivity contribution in [2.45, 2.75) is 31.3 Å². The monoisotopic (exact) mass is 190 g/mol. The zero-order chi connectivity index (χ0) is 10.4. The van der Waals surface area contributed by atoms with Gasteiger partial charge in [0, 0.05) is 6.04 Å². The minimum Gasteiger partial charge on any atom is -0.481 e. The van der Waals surface area contributed by atoms with E-state index in [4.69, 9.17) is 21.7 Å². The number of hydrogen-bond donors (Lipinski definition) is 4. The van der Waals surface area contributed by atoms with Gasteiger partial charge in [0.1, 0.15) is 6.04 Å². The maximum Gasteiger partial charge on any atom is 0.320 e. The van der Waals surface area contributed by atoms with E-state index in [1.165, 1.54) is 0 Å². The normalized spacial score (nSPS) is 14.9. The van der Waals surface area contributed by atoms with Gasteiger partial charge in [-0.1, -0.05) is 0 Å². The lowest BCUT2D eigenvalue weighted by molar-refractivity contribution is -0.138. The van der Waals surface area contributed by atoms with Crippen molar-refractivity contribution in [3.05, 3.63) is 0 Å². The minimum absolute atomic E-state index is 0.160. The maximum absolute atomic E-state index is 10.3. The van der Waals surface area contributed by atoms with E-state index in [1.54, 1.807) is 0 Å². The van der Waals surface area contributed by atoms with E-state index in [2.05, 4.69) is 0 Å². The average Bonchev–Trinajstić information content (AvgIpc) is 1.98. The average molecular weight is 190 g/mol. The molecule has 0 aromatic carbocycles. The van der Waals surface area contributed by atoms with Gasteiger partial charge in [-0.3, -0.25) is 9.59 Å². The van der Waals surface area contributed by atoms with Gasteiger partial charge in [0.2, 0.25) is 0 Å². The summed E-state index contributed by atoms with van der Waals surface area (Å²) in [5.41, 5.74) is 10.6. The molecule has 0 saturated carbocycles. The van der Waals surface area contributed by atoms with Gasteiger partial charge < -0.3 is 21.7 Å². The van der Waals surface area contributed by atoms with Crippen LogP contribution in [0.15, 0.2) is 0 Å². The lowest BCUT2D eigenvalue weighted by Gasteiger charge is -2.10. The van der Waals surface area contributed by atoms with E-state index in [1.807, 2.05) is 0 Å². The highest BCUT2D eigenvalue weighted by atomic mass is 16.4. The zero-order valence-electron chi connectivity index (χ0n) is 7.14. The van der Waals surface area contributed by atoms with Gasteiger partial charge in [0.25, 0.3) is 0 Å². The van der Waals surface area contributed by atoms with E-state index in [0.717, 1.165) is 0 Å². The molecule has 0 fully saturated rings. The fourth-order valence-electron chi connectivity index (χ4n) is 0.843. The summed E-state index contributed by atoms with van der Waals surface area (Å²) in [7, 11) is 0. The van der Waals surface area contributed by atoms with E-state index in [9.17, 15) is 9.59 Å². The molecule has 0 heterocycles. The molecule has 6 heteroatoms. The Bertz CT molecular complexity index is 195. The van der Waals surface area contributed by atoms with Gasteiger partial charge in [-0.2, -0.15) is 0 Å². The number of nitrogens with two attached hydrogens (primary N) is 2. The van der Waals surface area contributed by atoms with E-state index >= 15 is 0 Å². The summed E-state index contributed by atoms with van der Waals surface area (Å²) in [6.45, 7) is 0. The third kappa shape index (κ3) is 6.06. The molecule has 6 N–H and O–H groups in total. The van der Waals surface area contributed by atoms with Crippen LogP contribution in [0.25, 0.3) is 0 Å². The van der Waals surface area contributed by atoms with Gasteiger partial charge in [-0.15, -0.1) is 0 Å². The van der Waals surface area contributed by atoms with Crippen LogP contribution in [0.5, 0.6) is 0 Å². The highest BCUT2D eigenvalue weighted by Crippen LogP contribution is 2.01. The predicted molar refractivity (Wildman–Crippen MR) is 45.1 cm³/mol. The fourth-order valence-corrected chi connectivity index (χ4v) is 0.843. The molecule has 0 unspecified atom stereocenters. The van der Waals surface area contributed by atoms with Crippen LogP contribution in [0.4, 0.5) is 0 Å². The second kappa shape index (κ2) is 5.50. The zero-order valence-corrected chi connectivity index (χ0v) is 7.14. The Morgan fingerprint density at radius 3 is 2.08 bits per heavy atom. The molecule has 0 saturated heterocycles. The third-order valence-corrected chi connectivity index (χ3v) is 1.60. The molecule has 0 spiro atoms. The van der Waals surface area contributed by atoms with Crippen LogP contribution in [-0.4, -0.2) is 34.2 Å². The summed E-state index contributed by atoms with van der Waals surface area (Å²) >= 11 is 0. The highest BCUT2D eigenvalue weighted by molar-refractivity contribution is 5.73. The van der Waals surface area contributed by atoms with Crippen molar-refractivity contribution in [3.8, 4) is 0 Å². The summed E-state index contributed by atoms with van der Waals surface area (Å²) in [4.78, 5) is 20.4. The first-order valence-electron chi connectivity index (χ1n) is 3.89. The first kappa shape index (κ1) is 11.9. The quantitative estimate of drug-likeness (QED) is 0.424. The SMILES string of the molecule is N[C@@H](CC[C@@H](N)C(=O)O)CC(=O)O. The smallest absolute Gasteiger partial charge is 0.320 e. The molecule has 6 nitrogen and oxygen atoms in total. The number of carboxylic acids is 2. The fraction of sp³-hybridized carbons (Fsp3) is 0.714. The Hall–Kier alpha value is -1.14. The van der Waals surface area contributed by atoms with Crippen LogP contribution in [0.2, 0.25) is 0 Å². The van der Waals surface area contributed by atoms with Crippen LogP contribution in [0.3, 0.4) is 0 Å². The molecule has 0 radical (unpaired) electrons. The first-order valence-corrected chi connectivity index (χ1v) is 3.89. The van der Waals surface area contributed by atoms with E-state index < -0.39 is 24.0 Å². The number of carbonyl (C=O) groups is 2. The minimum atomic E-state index is -1.09. The summed E-state index contributed by atoms with van der Waals surface area (Å²) in [6, 6.07) is -1.48. The second-order valence-electron chi connectivity index (χ2n) is 2.88. The first-order chi connectivity index (χ1) is 5.93. The van der Waals surface area contributed by atoms with Crippen molar-refractivity contribution in [1.82, 2.24) is 0 Å². The van der Waals surface area contributed by atoms with E-state index in [-0.39, 0.29) is 12.8 Å². The lowest BCUT2D eigenvalue weighted by atomic mass is 10.1. The predicted octanol–water partition coefficient (Wildman–Crippen LogP) is -1.02. The molecule has 0 aliphatic heterocycles. The Morgan fingerprint density at radius 2 is 1.69 bits per heavy atom. The molecule has 0 aliphatic carbocycles. The lowest BCUT2D eigenvalue weighted by Crippen LogP contribution is -2.33. The Kier molecular flexibility index (Phi) is 5.01. The van der Waals surface area contributed by atoms with Crippen molar-refractivity contribution >= 4 is 11.9 Å². The topological polar surface area (TPSA) is 127 Å². The van der Waals surface area contributed by atoms with Crippen LogP contribution < -0.4 is 11.5 Å². The Morgan fingerprint density at radius 1 is 1.15 bits per heavy atom. The summed E-state index contributed by atoms with van der Waals surface area (Å²) < 4.78 is 0. The number of aliphatic carboxylic acids is 2. The van der Waals surface area contributed by atoms with Crippen molar-refractivity contribution in [2.75, 3.05) is 0 Å². The van der Waals surface area contributed by atoms with Crippen molar-refractivity contribution in [3.63, 3.8) is 0 Å². The molecule has 0 amide bonds. The van der Waals surface area contributed by atoms with Crippen LogP contribution in [-0.2, 0) is 9.59 Å². The van der Waals surface area contributed by atoms with Gasteiger partial charge in [0.05, 0.1) is 6.42 Å². The Labute approximate surface area is 75.5 Å².